The van der Waals surface area contributed by atoms with Crippen LogP contribution < -0.4 is 14.5 Å². The van der Waals surface area contributed by atoms with Gasteiger partial charge in [-0.05, 0) is 43.3 Å². The smallest absolute Gasteiger partial charge is 0.228 e. The Morgan fingerprint density at radius 1 is 0.967 bits per heavy atom. The number of hydrogen-bond donors (Lipinski definition) is 0. The molecule has 0 N–H and O–H groups in total. The first-order chi connectivity index (χ1) is 14.6. The molecule has 154 valence electrons. The van der Waals surface area contributed by atoms with E-state index in [1.165, 1.54) is 30.0 Å². The van der Waals surface area contributed by atoms with Crippen molar-refractivity contribution in [2.24, 2.45) is 0 Å². The molecule has 6 nitrogen and oxygen atoms in total. The fourth-order valence-corrected chi connectivity index (χ4v) is 3.40. The van der Waals surface area contributed by atoms with Crippen LogP contribution in [0.5, 0.6) is 5.88 Å². The van der Waals surface area contributed by atoms with E-state index in [2.05, 4.69) is 31.9 Å². The second kappa shape index (κ2) is 8.90. The maximum absolute atomic E-state index is 13.0. The zero-order valence-electron chi connectivity index (χ0n) is 16.8. The molecule has 0 aliphatic carbocycles. The van der Waals surface area contributed by atoms with E-state index in [1.807, 2.05) is 25.1 Å². The number of ketones is 1. The maximum atomic E-state index is 13.0. The highest BCUT2D eigenvalue weighted by molar-refractivity contribution is 5.97. The summed E-state index contributed by atoms with van der Waals surface area (Å²) in [5, 5.41) is 0. The lowest BCUT2D eigenvalue weighted by molar-refractivity contribution is 0.0918. The normalized spacial score (nSPS) is 13.9. The number of aryl methyl sites for hydroxylation is 1. The first-order valence-corrected chi connectivity index (χ1v) is 9.91. The van der Waals surface area contributed by atoms with Crippen LogP contribution in [-0.2, 0) is 0 Å². The summed E-state index contributed by atoms with van der Waals surface area (Å²) in [6, 6.07) is 17.5. The standard InChI is InChI=1S/C23H23FN4O2/c1-17-15-22(30-16-21(29)18-7-9-19(24)10-8-18)26-23(25-17)28-13-11-27(12-14-28)20-5-3-2-4-6-20/h2-10,15H,11-14,16H2,1H3. The van der Waals surface area contributed by atoms with Crippen LogP contribution in [0.2, 0.25) is 0 Å². The minimum Gasteiger partial charge on any atom is -0.469 e. The van der Waals surface area contributed by atoms with Gasteiger partial charge in [0.05, 0.1) is 0 Å². The fourth-order valence-electron chi connectivity index (χ4n) is 3.40. The highest BCUT2D eigenvalue weighted by Crippen LogP contribution is 2.20. The quantitative estimate of drug-likeness (QED) is 0.584. The summed E-state index contributed by atoms with van der Waals surface area (Å²) in [7, 11) is 0. The average molecular weight is 406 g/mol. The number of piperazine rings is 1. The van der Waals surface area contributed by atoms with Crippen molar-refractivity contribution < 1.29 is 13.9 Å². The van der Waals surface area contributed by atoms with Gasteiger partial charge in [-0.25, -0.2) is 9.37 Å². The second-order valence-electron chi connectivity index (χ2n) is 7.18. The van der Waals surface area contributed by atoms with E-state index in [0.717, 1.165) is 31.9 Å². The fraction of sp³-hybridized carbons (Fsp3) is 0.261. The molecule has 1 aliphatic rings. The highest BCUT2D eigenvalue weighted by atomic mass is 19.1. The second-order valence-corrected chi connectivity index (χ2v) is 7.18. The third kappa shape index (κ3) is 4.74. The number of rotatable bonds is 6. The summed E-state index contributed by atoms with van der Waals surface area (Å²) < 4.78 is 18.6. The topological polar surface area (TPSA) is 58.6 Å². The predicted octanol–water partition coefficient (Wildman–Crippen LogP) is 3.51. The number of carbonyl (C=O) groups is 1. The lowest BCUT2D eigenvalue weighted by Gasteiger charge is -2.36. The molecule has 0 radical (unpaired) electrons. The van der Waals surface area contributed by atoms with E-state index < -0.39 is 0 Å². The van der Waals surface area contributed by atoms with Crippen LogP contribution in [0.25, 0.3) is 0 Å². The summed E-state index contributed by atoms with van der Waals surface area (Å²) in [6.07, 6.45) is 0. The number of benzene rings is 2. The molecule has 1 aromatic heterocycles. The first-order valence-electron chi connectivity index (χ1n) is 9.91. The number of para-hydroxylation sites is 1. The molecular formula is C23H23FN4O2. The van der Waals surface area contributed by atoms with Crippen LogP contribution in [0.1, 0.15) is 16.1 Å². The summed E-state index contributed by atoms with van der Waals surface area (Å²) in [4.78, 5) is 25.8. The molecule has 1 saturated heterocycles. The van der Waals surface area contributed by atoms with Gasteiger partial charge in [-0.1, -0.05) is 18.2 Å². The molecule has 0 unspecified atom stereocenters. The van der Waals surface area contributed by atoms with E-state index in [-0.39, 0.29) is 18.2 Å². The van der Waals surface area contributed by atoms with Crippen LogP contribution in [-0.4, -0.2) is 48.5 Å². The maximum Gasteiger partial charge on any atom is 0.228 e. The number of anilines is 2. The van der Waals surface area contributed by atoms with Gasteiger partial charge >= 0.3 is 0 Å². The largest absolute Gasteiger partial charge is 0.469 e. The SMILES string of the molecule is Cc1cc(OCC(=O)c2ccc(F)cc2)nc(N2CCN(c3ccccc3)CC2)n1. The molecule has 3 aromatic rings. The lowest BCUT2D eigenvalue weighted by atomic mass is 10.1. The van der Waals surface area contributed by atoms with Gasteiger partial charge < -0.3 is 14.5 Å². The summed E-state index contributed by atoms with van der Waals surface area (Å²) in [5.74, 6) is 0.352. The van der Waals surface area contributed by atoms with Crippen LogP contribution >= 0.6 is 0 Å². The van der Waals surface area contributed by atoms with Crippen molar-refractivity contribution in [3.63, 3.8) is 0 Å². The van der Waals surface area contributed by atoms with Crippen molar-refractivity contribution in [3.05, 3.63) is 77.7 Å². The Labute approximate surface area is 174 Å². The molecule has 0 amide bonds. The van der Waals surface area contributed by atoms with E-state index in [1.54, 1.807) is 6.07 Å². The lowest BCUT2D eigenvalue weighted by Crippen LogP contribution is -2.47. The average Bonchev–Trinajstić information content (AvgIpc) is 2.78. The van der Waals surface area contributed by atoms with Gasteiger partial charge in [-0.3, -0.25) is 4.79 Å². The predicted molar refractivity (Wildman–Crippen MR) is 114 cm³/mol. The molecule has 7 heteroatoms. The molecule has 30 heavy (non-hydrogen) atoms. The first kappa shape index (κ1) is 19.8. The zero-order chi connectivity index (χ0) is 20.9. The minimum absolute atomic E-state index is 0.163. The van der Waals surface area contributed by atoms with E-state index in [4.69, 9.17) is 4.74 Å². The Kier molecular flexibility index (Phi) is 5.88. The van der Waals surface area contributed by atoms with E-state index >= 15 is 0 Å². The monoisotopic (exact) mass is 406 g/mol. The van der Waals surface area contributed by atoms with Crippen molar-refractivity contribution in [3.8, 4) is 5.88 Å². The number of carbonyl (C=O) groups excluding carboxylic acids is 1. The zero-order valence-corrected chi connectivity index (χ0v) is 16.8. The molecule has 0 bridgehead atoms. The van der Waals surface area contributed by atoms with Gasteiger partial charge in [0.15, 0.2) is 12.4 Å². The van der Waals surface area contributed by atoms with Crippen molar-refractivity contribution >= 4 is 17.4 Å². The molecule has 1 aliphatic heterocycles. The molecular weight excluding hydrogens is 383 g/mol. The third-order valence-corrected chi connectivity index (χ3v) is 5.02. The third-order valence-electron chi connectivity index (χ3n) is 5.02. The molecule has 0 atom stereocenters. The molecule has 0 saturated carbocycles. The Balaban J connectivity index is 1.38. The number of halogens is 1. The van der Waals surface area contributed by atoms with Gasteiger partial charge in [0.2, 0.25) is 11.8 Å². The van der Waals surface area contributed by atoms with Crippen molar-refractivity contribution in [2.75, 3.05) is 42.6 Å². The van der Waals surface area contributed by atoms with Crippen molar-refractivity contribution in [2.45, 2.75) is 6.92 Å². The number of hydrogen-bond acceptors (Lipinski definition) is 6. The van der Waals surface area contributed by atoms with Gasteiger partial charge in [-0.15, -0.1) is 0 Å². The van der Waals surface area contributed by atoms with E-state index in [0.29, 0.717) is 17.4 Å². The van der Waals surface area contributed by atoms with E-state index in [9.17, 15) is 9.18 Å². The van der Waals surface area contributed by atoms with Crippen molar-refractivity contribution in [1.82, 2.24) is 9.97 Å². The number of nitrogens with zero attached hydrogens (tertiary/aromatic N) is 4. The van der Waals surface area contributed by atoms with Crippen LogP contribution in [0, 0.1) is 12.7 Å². The summed E-state index contributed by atoms with van der Waals surface area (Å²) >= 11 is 0. The molecule has 1 fully saturated rings. The number of Topliss-reactive ketones (excluding diaryl/α,β-unsaturated/α-hetero) is 1. The molecule has 4 rings (SSSR count). The minimum atomic E-state index is -0.379. The van der Waals surface area contributed by atoms with Gasteiger partial charge in [0.25, 0.3) is 0 Å². The van der Waals surface area contributed by atoms with Gasteiger partial charge in [0, 0.05) is 49.2 Å². The van der Waals surface area contributed by atoms with Crippen LogP contribution in [0.4, 0.5) is 16.0 Å². The molecule has 2 heterocycles. The molecule has 0 spiro atoms. The summed E-state index contributed by atoms with van der Waals surface area (Å²) in [5.41, 5.74) is 2.39. The van der Waals surface area contributed by atoms with Crippen LogP contribution in [0.3, 0.4) is 0 Å². The van der Waals surface area contributed by atoms with Gasteiger partial charge in [-0.2, -0.15) is 4.98 Å². The number of ether oxygens (including phenoxy) is 1. The van der Waals surface area contributed by atoms with Crippen molar-refractivity contribution in [1.29, 1.82) is 0 Å². The van der Waals surface area contributed by atoms with Crippen LogP contribution in [0.15, 0.2) is 60.7 Å². The number of aromatic nitrogens is 2. The van der Waals surface area contributed by atoms with Gasteiger partial charge in [0.1, 0.15) is 5.82 Å². The molecule has 2 aromatic carbocycles. The Hall–Kier alpha value is -3.48. The Morgan fingerprint density at radius 2 is 1.63 bits per heavy atom. The highest BCUT2D eigenvalue weighted by Gasteiger charge is 2.20. The summed E-state index contributed by atoms with van der Waals surface area (Å²) in [6.45, 7) is 5.06. The Morgan fingerprint density at radius 3 is 2.33 bits per heavy atom. The Bertz CT molecular complexity index is 1000.